The molecule has 5 nitrogen and oxygen atoms in total. The average molecular weight is 404 g/mol. The third kappa shape index (κ3) is 3.21. The summed E-state index contributed by atoms with van der Waals surface area (Å²) < 4.78 is 10.0. The Labute approximate surface area is 169 Å². The van der Waals surface area contributed by atoms with Crippen molar-refractivity contribution in [2.75, 3.05) is 14.1 Å². The Balaban J connectivity index is 1.68. The fourth-order valence-electron chi connectivity index (χ4n) is 5.48. The Morgan fingerprint density at radius 3 is 2.11 bits per heavy atom. The van der Waals surface area contributed by atoms with Gasteiger partial charge in [-0.25, -0.2) is 0 Å². The zero-order chi connectivity index (χ0) is 20.3. The summed E-state index contributed by atoms with van der Waals surface area (Å²) >= 11 is 0. The first kappa shape index (κ1) is 20.3. The summed E-state index contributed by atoms with van der Waals surface area (Å²) in [4.78, 5) is 27.6. The molecule has 0 radical (unpaired) electrons. The van der Waals surface area contributed by atoms with Crippen molar-refractivity contribution in [2.24, 2.45) is 5.92 Å². The van der Waals surface area contributed by atoms with Crippen molar-refractivity contribution >= 4 is 13.8 Å². The molecule has 0 amide bonds. The highest BCUT2D eigenvalue weighted by Crippen LogP contribution is 2.79. The second kappa shape index (κ2) is 7.05. The van der Waals surface area contributed by atoms with Gasteiger partial charge in [-0.15, -0.1) is 0 Å². The number of benzene rings is 1. The molecule has 0 aromatic heterocycles. The smallest absolute Gasteiger partial charge is 0.314 e. The normalized spacial score (nSPS) is 35.4. The molecule has 0 bridgehead atoms. The lowest BCUT2D eigenvalue weighted by atomic mass is 9.91. The molecule has 1 aliphatic heterocycles. The first-order valence-corrected chi connectivity index (χ1v) is 12.2. The first-order valence-electron chi connectivity index (χ1n) is 10.5. The van der Waals surface area contributed by atoms with Gasteiger partial charge >= 0.3 is 5.97 Å². The largest absolute Gasteiger partial charge is 0.650 e. The van der Waals surface area contributed by atoms with Gasteiger partial charge in [0.15, 0.2) is 0 Å². The molecule has 3 aliphatic rings. The average Bonchev–Trinajstić information content (AvgIpc) is 3.38. The lowest BCUT2D eigenvalue weighted by molar-refractivity contribution is -0.191. The molecule has 0 N–H and O–H groups in total. The van der Waals surface area contributed by atoms with Gasteiger partial charge in [0.2, 0.25) is 0 Å². The minimum absolute atomic E-state index is 0.0352. The lowest BCUT2D eigenvalue weighted by Crippen LogP contribution is -2.37. The number of esters is 1. The van der Waals surface area contributed by atoms with E-state index in [1.54, 1.807) is 0 Å². The fraction of sp³-hybridized carbons (Fsp3) is 0.682. The van der Waals surface area contributed by atoms with E-state index < -0.39 is 13.4 Å². The van der Waals surface area contributed by atoms with E-state index in [1.165, 1.54) is 12.8 Å². The van der Waals surface area contributed by atoms with Gasteiger partial charge in [0.05, 0.1) is 12.1 Å². The number of rotatable bonds is 3. The Hall–Kier alpha value is -1.00. The number of carbonyl (C=O) groups is 1. The van der Waals surface area contributed by atoms with E-state index in [1.807, 2.05) is 53.1 Å². The van der Waals surface area contributed by atoms with Gasteiger partial charge in [-0.05, 0) is 39.2 Å². The van der Waals surface area contributed by atoms with E-state index >= 15 is 0 Å². The molecule has 6 heteroatoms. The third-order valence-electron chi connectivity index (χ3n) is 6.79. The van der Waals surface area contributed by atoms with Crippen LogP contribution < -0.4 is 4.89 Å². The maximum Gasteiger partial charge on any atom is 0.314 e. The van der Waals surface area contributed by atoms with Crippen molar-refractivity contribution in [2.45, 2.75) is 75.7 Å². The topological polar surface area (TPSA) is 55.8 Å². The van der Waals surface area contributed by atoms with Crippen molar-refractivity contribution in [1.82, 2.24) is 9.34 Å². The van der Waals surface area contributed by atoms with Gasteiger partial charge in [-0.1, -0.05) is 43.2 Å². The fourth-order valence-corrected chi connectivity index (χ4v) is 9.56. The molecule has 1 heterocycles. The summed E-state index contributed by atoms with van der Waals surface area (Å²) in [6, 6.07) is 10.7. The summed E-state index contributed by atoms with van der Waals surface area (Å²) in [5.74, 6) is -0.581. The standard InChI is InChI=1S/C22H33N2O3P/c1-22(2,3)27-21(25)19-18(15-11-7-6-8-12-15)20(19)28(26)23(4)16-13-9-10-14-17(16)24(28)5/h6-8,11-12,16-20H,9-10,13-14H2,1-5H3/t16-,17-,18+,19+,20+/m1/s1. The predicted octanol–water partition coefficient (Wildman–Crippen LogP) is 3.42. The number of hydrogen-bond donors (Lipinski definition) is 0. The summed E-state index contributed by atoms with van der Waals surface area (Å²) in [5, 5.41) is 0. The van der Waals surface area contributed by atoms with Gasteiger partial charge in [0.1, 0.15) is 25.0 Å². The molecule has 2 saturated carbocycles. The van der Waals surface area contributed by atoms with Crippen molar-refractivity contribution in [3.8, 4) is 0 Å². The van der Waals surface area contributed by atoms with Crippen LogP contribution in [-0.2, 0) is 9.53 Å². The van der Waals surface area contributed by atoms with Gasteiger partial charge in [0, 0.05) is 20.0 Å². The SMILES string of the molecule is CN1[C@@H]2CCCC[C@H]2N(C)[P+]1([O-])[C@@H]1[C@@H](C(=O)OC(C)(C)C)[C@@H]1c1ccccc1. The van der Waals surface area contributed by atoms with E-state index in [0.29, 0.717) is 12.1 Å². The third-order valence-corrected chi connectivity index (χ3v) is 10.6. The van der Waals surface area contributed by atoms with Crippen LogP contribution in [0.3, 0.4) is 0 Å². The maximum absolute atomic E-state index is 14.5. The van der Waals surface area contributed by atoms with Crippen LogP contribution in [0, 0.1) is 5.92 Å². The molecular formula is C22H33N2O3P. The number of likely N-dealkylation sites (N-methyl/N-ethyl adjacent to an activating group) is 2. The van der Waals surface area contributed by atoms with E-state index in [4.69, 9.17) is 4.74 Å². The summed E-state index contributed by atoms with van der Waals surface area (Å²) in [6.07, 6.45) is 4.58. The Kier molecular flexibility index (Phi) is 5.11. The molecule has 28 heavy (non-hydrogen) atoms. The van der Waals surface area contributed by atoms with Crippen molar-refractivity contribution < 1.29 is 14.4 Å². The molecule has 3 fully saturated rings. The van der Waals surface area contributed by atoms with Gasteiger partial charge in [0.25, 0.3) is 0 Å². The summed E-state index contributed by atoms with van der Waals surface area (Å²) in [6.45, 7) is 5.68. The number of fused-ring (bicyclic) bond motifs is 1. The molecule has 154 valence electrons. The molecule has 0 unspecified atom stereocenters. The summed E-state index contributed by atoms with van der Waals surface area (Å²) in [7, 11) is 1.18. The second-order valence-electron chi connectivity index (χ2n) is 9.64. The zero-order valence-electron chi connectivity index (χ0n) is 17.7. The number of ether oxygens (including phenoxy) is 1. The molecule has 1 aromatic carbocycles. The van der Waals surface area contributed by atoms with Crippen LogP contribution in [0.2, 0.25) is 0 Å². The van der Waals surface area contributed by atoms with Gasteiger partial charge in [-0.3, -0.25) is 4.79 Å². The van der Waals surface area contributed by atoms with Crippen LogP contribution >= 0.6 is 7.79 Å². The molecule has 1 saturated heterocycles. The quantitative estimate of drug-likeness (QED) is 0.571. The maximum atomic E-state index is 14.5. The monoisotopic (exact) mass is 404 g/mol. The molecule has 2 aliphatic carbocycles. The summed E-state index contributed by atoms with van der Waals surface area (Å²) in [5.41, 5.74) is 0.363. The molecular weight excluding hydrogens is 371 g/mol. The first-order chi connectivity index (χ1) is 13.2. The second-order valence-corrected chi connectivity index (χ2v) is 12.7. The highest BCUT2D eigenvalue weighted by atomic mass is 31.2. The van der Waals surface area contributed by atoms with Crippen LogP contribution in [0.15, 0.2) is 30.3 Å². The molecule has 4 rings (SSSR count). The predicted molar refractivity (Wildman–Crippen MR) is 111 cm³/mol. The lowest BCUT2D eigenvalue weighted by Gasteiger charge is -2.38. The van der Waals surface area contributed by atoms with Crippen LogP contribution in [-0.4, -0.2) is 52.7 Å². The molecule has 0 spiro atoms. The number of hydrogen-bond acceptors (Lipinski definition) is 5. The van der Waals surface area contributed by atoms with Crippen LogP contribution in [0.4, 0.5) is 0 Å². The number of carbonyl (C=O) groups excluding carboxylic acids is 1. The van der Waals surface area contributed by atoms with E-state index in [-0.39, 0.29) is 23.5 Å². The van der Waals surface area contributed by atoms with Crippen LogP contribution in [0.25, 0.3) is 0 Å². The van der Waals surface area contributed by atoms with Gasteiger partial charge in [-0.2, -0.15) is 9.34 Å². The van der Waals surface area contributed by atoms with Crippen molar-refractivity contribution in [3.63, 3.8) is 0 Å². The van der Waals surface area contributed by atoms with Crippen LogP contribution in [0.5, 0.6) is 0 Å². The van der Waals surface area contributed by atoms with Crippen molar-refractivity contribution in [1.29, 1.82) is 0 Å². The minimum atomic E-state index is -2.85. The Morgan fingerprint density at radius 1 is 1.07 bits per heavy atom. The highest BCUT2D eigenvalue weighted by Gasteiger charge is 2.74. The minimum Gasteiger partial charge on any atom is -0.650 e. The Morgan fingerprint density at radius 2 is 1.61 bits per heavy atom. The van der Waals surface area contributed by atoms with Crippen LogP contribution in [0.1, 0.15) is 57.9 Å². The van der Waals surface area contributed by atoms with Crippen molar-refractivity contribution in [3.05, 3.63) is 35.9 Å². The Bertz CT molecular complexity index is 717. The zero-order valence-corrected chi connectivity index (χ0v) is 18.6. The van der Waals surface area contributed by atoms with E-state index in [9.17, 15) is 9.69 Å². The van der Waals surface area contributed by atoms with E-state index in [0.717, 1.165) is 18.4 Å². The van der Waals surface area contributed by atoms with Gasteiger partial charge < -0.3 is 9.63 Å². The molecule has 5 atom stereocenters. The number of nitrogens with zero attached hydrogens (tertiary/aromatic N) is 2. The molecule has 1 aromatic rings. The van der Waals surface area contributed by atoms with E-state index in [2.05, 4.69) is 21.5 Å². The highest BCUT2D eigenvalue weighted by molar-refractivity contribution is 7.65.